The summed E-state index contributed by atoms with van der Waals surface area (Å²) >= 11 is 5.41. The number of amides is 2. The zero-order valence-corrected chi connectivity index (χ0v) is 14.4. The summed E-state index contributed by atoms with van der Waals surface area (Å²) < 4.78 is 5.18. The van der Waals surface area contributed by atoms with Crippen LogP contribution in [0.1, 0.15) is 26.2 Å². The van der Waals surface area contributed by atoms with Crippen LogP contribution >= 0.6 is 11.6 Å². The standard InChI is InChI=1S/C13H24ClN3O8/c1-2-3-4-13(23)10(20)8(19)7(18)9(25-13)11(21)15-12(22)17(16-24)6-5-14/h7-11,18-21,23H,2-6H2,1H3,(H,15,22)/t7-,8-,9-,10+,11?,13+/m0/s1. The Morgan fingerprint density at radius 2 is 2.04 bits per heavy atom. The second-order valence-corrected chi connectivity index (χ2v) is 6.12. The van der Waals surface area contributed by atoms with Crippen LogP contribution in [0.2, 0.25) is 0 Å². The van der Waals surface area contributed by atoms with Gasteiger partial charge in [-0.05, 0) is 6.42 Å². The maximum absolute atomic E-state index is 11.8. The van der Waals surface area contributed by atoms with E-state index in [-0.39, 0.29) is 18.8 Å². The Hall–Kier alpha value is -1.08. The molecule has 0 spiro atoms. The van der Waals surface area contributed by atoms with Gasteiger partial charge >= 0.3 is 6.03 Å². The normalized spacial score (nSPS) is 33.6. The van der Waals surface area contributed by atoms with Crippen molar-refractivity contribution >= 4 is 17.6 Å². The van der Waals surface area contributed by atoms with Crippen LogP contribution in [0.5, 0.6) is 0 Å². The van der Waals surface area contributed by atoms with Gasteiger partial charge in [0, 0.05) is 12.3 Å². The van der Waals surface area contributed by atoms with Gasteiger partial charge in [-0.1, -0.05) is 13.3 Å². The summed E-state index contributed by atoms with van der Waals surface area (Å²) in [4.78, 5) is 22.4. The third-order valence-corrected chi connectivity index (χ3v) is 4.08. The van der Waals surface area contributed by atoms with Gasteiger partial charge in [-0.15, -0.1) is 16.5 Å². The third kappa shape index (κ3) is 5.20. The number of carbonyl (C=O) groups excluding carboxylic acids is 1. The topological polar surface area (TPSA) is 172 Å². The van der Waals surface area contributed by atoms with Gasteiger partial charge in [0.15, 0.2) is 12.0 Å². The molecule has 1 aliphatic rings. The van der Waals surface area contributed by atoms with E-state index in [1.807, 2.05) is 12.2 Å². The molecule has 0 saturated carbocycles. The number of nitroso groups, excluding NO2 is 1. The highest BCUT2D eigenvalue weighted by Crippen LogP contribution is 2.33. The Bertz CT molecular complexity index is 459. The minimum atomic E-state index is -2.22. The maximum Gasteiger partial charge on any atom is 0.342 e. The lowest BCUT2D eigenvalue weighted by molar-refractivity contribution is -0.359. The monoisotopic (exact) mass is 385 g/mol. The van der Waals surface area contributed by atoms with Crippen LogP contribution in [0, 0.1) is 4.91 Å². The molecule has 0 aromatic rings. The number of carbonyl (C=O) groups is 1. The fourth-order valence-electron chi connectivity index (χ4n) is 2.45. The predicted octanol–water partition coefficient (Wildman–Crippen LogP) is -1.40. The first-order chi connectivity index (χ1) is 11.7. The van der Waals surface area contributed by atoms with Gasteiger partial charge in [0.05, 0.1) is 11.8 Å². The average molecular weight is 386 g/mol. The number of nitrogens with one attached hydrogen (secondary N) is 1. The molecule has 12 heteroatoms. The van der Waals surface area contributed by atoms with Crippen LogP contribution in [0.3, 0.4) is 0 Å². The minimum Gasteiger partial charge on any atom is -0.387 e. The number of rotatable bonds is 8. The molecule has 0 aromatic heterocycles. The zero-order chi connectivity index (χ0) is 19.2. The highest BCUT2D eigenvalue weighted by molar-refractivity contribution is 6.18. The molecular formula is C13H24ClN3O8. The Morgan fingerprint density at radius 1 is 1.40 bits per heavy atom. The Kier molecular flexibility index (Phi) is 8.41. The van der Waals surface area contributed by atoms with E-state index in [0.29, 0.717) is 17.9 Å². The first kappa shape index (κ1) is 22.0. The van der Waals surface area contributed by atoms with Gasteiger partial charge in [0.1, 0.15) is 24.4 Å². The first-order valence-electron chi connectivity index (χ1n) is 7.81. The molecule has 1 heterocycles. The van der Waals surface area contributed by atoms with Gasteiger partial charge in [-0.2, -0.15) is 5.01 Å². The van der Waals surface area contributed by atoms with Crippen molar-refractivity contribution in [2.24, 2.45) is 5.29 Å². The SMILES string of the molecule is CCCC[C@@]1(O)O[C@H](C(O)NC(=O)N(CCCl)N=O)[C@@H](O)[C@H](O)[C@H]1O. The lowest BCUT2D eigenvalue weighted by Crippen LogP contribution is -2.68. The number of ether oxygens (including phenoxy) is 1. The number of hydrogen-bond acceptors (Lipinski definition) is 9. The van der Waals surface area contributed by atoms with Crippen molar-refractivity contribution in [1.82, 2.24) is 10.3 Å². The largest absolute Gasteiger partial charge is 0.387 e. The van der Waals surface area contributed by atoms with Crippen molar-refractivity contribution in [2.75, 3.05) is 12.4 Å². The molecule has 1 saturated heterocycles. The maximum atomic E-state index is 11.8. The van der Waals surface area contributed by atoms with Crippen LogP contribution in [-0.4, -0.2) is 85.4 Å². The summed E-state index contributed by atoms with van der Waals surface area (Å²) in [5.41, 5.74) is 0. The second kappa shape index (κ2) is 9.57. The molecule has 6 atom stereocenters. The summed E-state index contributed by atoms with van der Waals surface area (Å²) in [6.07, 6.45) is -7.99. The van der Waals surface area contributed by atoms with Crippen molar-refractivity contribution in [2.45, 2.75) is 62.6 Å². The van der Waals surface area contributed by atoms with Gasteiger partial charge in [0.25, 0.3) is 0 Å². The molecular weight excluding hydrogens is 362 g/mol. The van der Waals surface area contributed by atoms with Gasteiger partial charge in [-0.3, -0.25) is 0 Å². The van der Waals surface area contributed by atoms with E-state index in [2.05, 4.69) is 5.29 Å². The van der Waals surface area contributed by atoms with Crippen molar-refractivity contribution in [3.63, 3.8) is 0 Å². The smallest absolute Gasteiger partial charge is 0.342 e. The van der Waals surface area contributed by atoms with Crippen LogP contribution in [0.4, 0.5) is 4.79 Å². The number of aliphatic hydroxyl groups is 5. The van der Waals surface area contributed by atoms with Gasteiger partial charge in [-0.25, -0.2) is 4.79 Å². The second-order valence-electron chi connectivity index (χ2n) is 5.74. The van der Waals surface area contributed by atoms with Crippen LogP contribution in [0.15, 0.2) is 5.29 Å². The number of unbranched alkanes of at least 4 members (excludes halogenated alkanes) is 1. The molecule has 146 valence electrons. The molecule has 2 amide bonds. The van der Waals surface area contributed by atoms with E-state index in [1.165, 1.54) is 0 Å². The molecule has 1 aliphatic heterocycles. The zero-order valence-electron chi connectivity index (χ0n) is 13.7. The van der Waals surface area contributed by atoms with Crippen molar-refractivity contribution in [3.8, 4) is 0 Å². The average Bonchev–Trinajstić information content (AvgIpc) is 2.59. The Morgan fingerprint density at radius 3 is 2.56 bits per heavy atom. The van der Waals surface area contributed by atoms with Crippen molar-refractivity contribution < 1.29 is 35.1 Å². The number of halogens is 1. The predicted molar refractivity (Wildman–Crippen MR) is 85.1 cm³/mol. The Labute approximate surface area is 149 Å². The van der Waals surface area contributed by atoms with Crippen LogP contribution in [0.25, 0.3) is 0 Å². The number of aliphatic hydroxyl groups excluding tert-OH is 4. The number of hydrogen-bond donors (Lipinski definition) is 6. The molecule has 0 aromatic carbocycles. The lowest BCUT2D eigenvalue weighted by Gasteiger charge is -2.47. The minimum absolute atomic E-state index is 0.0696. The fourth-order valence-corrected chi connectivity index (χ4v) is 2.61. The fraction of sp³-hybridized carbons (Fsp3) is 0.923. The molecule has 0 bridgehead atoms. The van der Waals surface area contributed by atoms with E-state index < -0.39 is 42.5 Å². The van der Waals surface area contributed by atoms with Gasteiger partial charge in [0.2, 0.25) is 0 Å². The summed E-state index contributed by atoms with van der Waals surface area (Å²) in [5.74, 6) is -2.30. The summed E-state index contributed by atoms with van der Waals surface area (Å²) in [6, 6.07) is -1.11. The molecule has 11 nitrogen and oxygen atoms in total. The van der Waals surface area contributed by atoms with E-state index >= 15 is 0 Å². The summed E-state index contributed by atoms with van der Waals surface area (Å²) in [7, 11) is 0. The molecule has 0 aliphatic carbocycles. The van der Waals surface area contributed by atoms with E-state index in [4.69, 9.17) is 16.3 Å². The van der Waals surface area contributed by atoms with E-state index in [1.54, 1.807) is 0 Å². The lowest BCUT2D eigenvalue weighted by atomic mass is 9.89. The third-order valence-electron chi connectivity index (χ3n) is 3.91. The first-order valence-corrected chi connectivity index (χ1v) is 8.35. The van der Waals surface area contributed by atoms with E-state index in [9.17, 15) is 35.2 Å². The summed E-state index contributed by atoms with van der Waals surface area (Å²) in [5, 5.41) is 55.1. The number of urea groups is 1. The Balaban J connectivity index is 2.86. The summed E-state index contributed by atoms with van der Waals surface area (Å²) in [6.45, 7) is 1.60. The highest BCUT2D eigenvalue weighted by Gasteiger charge is 2.54. The van der Waals surface area contributed by atoms with Crippen molar-refractivity contribution in [3.05, 3.63) is 4.91 Å². The molecule has 1 unspecified atom stereocenters. The molecule has 6 N–H and O–H groups in total. The van der Waals surface area contributed by atoms with E-state index in [0.717, 1.165) is 0 Å². The van der Waals surface area contributed by atoms with Crippen LogP contribution < -0.4 is 5.32 Å². The van der Waals surface area contributed by atoms with Crippen molar-refractivity contribution in [1.29, 1.82) is 0 Å². The highest BCUT2D eigenvalue weighted by atomic mass is 35.5. The molecule has 25 heavy (non-hydrogen) atoms. The molecule has 1 fully saturated rings. The molecule has 1 rings (SSSR count). The number of nitrogens with zero attached hydrogens (tertiary/aromatic N) is 2. The number of alkyl halides is 1. The molecule has 0 radical (unpaired) electrons. The van der Waals surface area contributed by atoms with Crippen LogP contribution in [-0.2, 0) is 4.74 Å². The van der Waals surface area contributed by atoms with Gasteiger partial charge < -0.3 is 35.6 Å². The quantitative estimate of drug-likeness (QED) is 0.128.